The van der Waals surface area contributed by atoms with Crippen molar-refractivity contribution in [3.63, 3.8) is 0 Å². The van der Waals surface area contributed by atoms with E-state index in [1.165, 1.54) is 148 Å². The topological polar surface area (TPSA) is 212 Å². The molecule has 8 atom stereocenters. The Morgan fingerprint density at radius 2 is 1.00 bits per heavy atom. The Morgan fingerprint density at radius 1 is 0.606 bits per heavy atom. The van der Waals surface area contributed by atoms with Gasteiger partial charge in [-0.1, -0.05) is 224 Å². The van der Waals surface area contributed by atoms with Crippen LogP contribution in [0.25, 0.3) is 0 Å². The summed E-state index contributed by atoms with van der Waals surface area (Å²) in [5.41, 5.74) is 0. The zero-order valence-corrected chi connectivity index (χ0v) is 42.4. The van der Waals surface area contributed by atoms with Gasteiger partial charge in [-0.15, -0.1) is 0 Å². The Labute approximate surface area is 402 Å². The van der Waals surface area contributed by atoms with Gasteiger partial charge in [-0.3, -0.25) is 9.35 Å². The molecule has 0 aromatic carbocycles. The molecular formula is C52H99NO12S. The van der Waals surface area contributed by atoms with Crippen LogP contribution in [0.2, 0.25) is 0 Å². The largest absolute Gasteiger partial charge is 0.397 e. The summed E-state index contributed by atoms with van der Waals surface area (Å²) in [6, 6.07) is -1.04. The van der Waals surface area contributed by atoms with Crippen molar-refractivity contribution in [2.75, 3.05) is 13.2 Å². The van der Waals surface area contributed by atoms with Gasteiger partial charge in [0, 0.05) is 0 Å². The van der Waals surface area contributed by atoms with Crippen LogP contribution < -0.4 is 5.32 Å². The molecule has 0 aromatic rings. The number of carbonyl (C=O) groups is 1. The van der Waals surface area contributed by atoms with Crippen LogP contribution in [0.15, 0.2) is 24.3 Å². The maximum Gasteiger partial charge on any atom is 0.397 e. The molecule has 14 heteroatoms. The van der Waals surface area contributed by atoms with Gasteiger partial charge in [-0.2, -0.15) is 8.42 Å². The van der Waals surface area contributed by atoms with E-state index in [2.05, 4.69) is 47.7 Å². The lowest BCUT2D eigenvalue weighted by atomic mass is 9.99. The second kappa shape index (κ2) is 42.4. The fourth-order valence-corrected chi connectivity index (χ4v) is 9.14. The van der Waals surface area contributed by atoms with E-state index in [1.54, 1.807) is 0 Å². The van der Waals surface area contributed by atoms with Gasteiger partial charge in [0.15, 0.2) is 6.29 Å². The van der Waals surface area contributed by atoms with E-state index in [4.69, 9.17) is 9.47 Å². The van der Waals surface area contributed by atoms with Gasteiger partial charge < -0.3 is 40.3 Å². The van der Waals surface area contributed by atoms with Gasteiger partial charge in [0.25, 0.3) is 0 Å². The third kappa shape index (κ3) is 33.9. The Hall–Kier alpha value is -1.46. The summed E-state index contributed by atoms with van der Waals surface area (Å²) in [6.45, 7) is 3.28. The van der Waals surface area contributed by atoms with Crippen LogP contribution in [0.5, 0.6) is 0 Å². The number of hydrogen-bond donors (Lipinski definition) is 7. The molecule has 1 aliphatic rings. The molecule has 0 spiro atoms. The number of aliphatic hydroxyl groups excluding tert-OH is 5. The molecule has 0 saturated carbocycles. The lowest BCUT2D eigenvalue weighted by Gasteiger charge is -2.41. The summed E-state index contributed by atoms with van der Waals surface area (Å²) in [4.78, 5) is 13.2. The van der Waals surface area contributed by atoms with Crippen molar-refractivity contribution >= 4 is 16.3 Å². The first kappa shape index (κ1) is 62.6. The van der Waals surface area contributed by atoms with Gasteiger partial charge in [-0.25, -0.2) is 4.18 Å². The van der Waals surface area contributed by atoms with E-state index in [-0.39, 0.29) is 6.42 Å². The predicted molar refractivity (Wildman–Crippen MR) is 265 cm³/mol. The average Bonchev–Trinajstić information content (AvgIpc) is 3.29. The molecule has 1 rings (SSSR count). The van der Waals surface area contributed by atoms with Crippen LogP contribution in [-0.4, -0.2) is 107 Å². The minimum Gasteiger partial charge on any atom is -0.394 e. The Bertz CT molecular complexity index is 1290. The SMILES string of the molecule is CCCCC/C=C\C=C/CCCCCCCCCCCC(O)C(=O)NC(COC1OC(CO)C(O)C(OS(=O)(=O)O)C1O)C(O)CCCCCCCCCCCCCCCCCCCCC. The summed E-state index contributed by atoms with van der Waals surface area (Å²) in [6.07, 6.45) is 37.7. The van der Waals surface area contributed by atoms with Gasteiger partial charge in [0.1, 0.15) is 30.5 Å². The third-order valence-electron chi connectivity index (χ3n) is 12.9. The van der Waals surface area contributed by atoms with Crippen LogP contribution in [0, 0.1) is 0 Å². The van der Waals surface area contributed by atoms with E-state index in [0.717, 1.165) is 51.4 Å². The molecule has 0 bridgehead atoms. The first-order valence-electron chi connectivity index (χ1n) is 26.8. The van der Waals surface area contributed by atoms with Crippen molar-refractivity contribution in [2.45, 2.75) is 288 Å². The first-order valence-corrected chi connectivity index (χ1v) is 28.2. The quantitative estimate of drug-likeness (QED) is 0.0173. The highest BCUT2D eigenvalue weighted by molar-refractivity contribution is 7.80. The minimum atomic E-state index is -5.11. The van der Waals surface area contributed by atoms with E-state index in [1.807, 2.05) is 0 Å². The molecule has 1 heterocycles. The zero-order valence-electron chi connectivity index (χ0n) is 41.6. The molecule has 390 valence electrons. The zero-order chi connectivity index (χ0) is 48.5. The van der Waals surface area contributed by atoms with Crippen molar-refractivity contribution < 1.29 is 57.0 Å². The van der Waals surface area contributed by atoms with Gasteiger partial charge in [0.2, 0.25) is 5.91 Å². The minimum absolute atomic E-state index is 0.255. The predicted octanol–water partition coefficient (Wildman–Crippen LogP) is 10.6. The van der Waals surface area contributed by atoms with Crippen molar-refractivity contribution in [2.24, 2.45) is 0 Å². The van der Waals surface area contributed by atoms with Crippen molar-refractivity contribution in [1.82, 2.24) is 5.32 Å². The molecule has 66 heavy (non-hydrogen) atoms. The molecule has 8 unspecified atom stereocenters. The highest BCUT2D eigenvalue weighted by atomic mass is 32.3. The van der Waals surface area contributed by atoms with E-state index < -0.39 is 78.5 Å². The number of unbranched alkanes of at least 4 members (excludes halogenated alkanes) is 30. The summed E-state index contributed by atoms with van der Waals surface area (Å²) < 4.78 is 47.7. The van der Waals surface area contributed by atoms with Crippen LogP contribution in [0.3, 0.4) is 0 Å². The van der Waals surface area contributed by atoms with Crippen molar-refractivity contribution in [3.8, 4) is 0 Å². The number of nitrogens with one attached hydrogen (secondary N) is 1. The highest BCUT2D eigenvalue weighted by Crippen LogP contribution is 2.26. The molecule has 0 aromatic heterocycles. The maximum absolute atomic E-state index is 13.2. The number of rotatable bonds is 46. The van der Waals surface area contributed by atoms with Crippen LogP contribution in [0.1, 0.15) is 239 Å². The summed E-state index contributed by atoms with van der Waals surface area (Å²) in [5.74, 6) is -0.671. The molecule has 7 N–H and O–H groups in total. The Balaban J connectivity index is 2.47. The Morgan fingerprint density at radius 3 is 1.44 bits per heavy atom. The van der Waals surface area contributed by atoms with Crippen molar-refractivity contribution in [3.05, 3.63) is 24.3 Å². The van der Waals surface area contributed by atoms with E-state index in [9.17, 15) is 43.3 Å². The third-order valence-corrected chi connectivity index (χ3v) is 13.4. The van der Waals surface area contributed by atoms with Crippen LogP contribution in [-0.2, 0) is 28.9 Å². The molecule has 0 radical (unpaired) electrons. The smallest absolute Gasteiger partial charge is 0.394 e. The standard InChI is InChI=1S/C52H99NO12S/c1-3-5-7-9-11-13-15-17-19-21-23-25-26-28-30-32-34-36-38-40-45(55)44(43-63-52-49(58)50(65-66(60,61)62)48(57)47(42-54)64-52)53-51(59)46(56)41-39-37-35-33-31-29-27-24-22-20-18-16-14-12-10-8-6-4-2/h12,14,16,18,44-50,52,54-58H,3-11,13,15,17,19-43H2,1-2H3,(H,53,59)(H,60,61,62)/b14-12-,18-16-. The highest BCUT2D eigenvalue weighted by Gasteiger charge is 2.48. The summed E-state index contributed by atoms with van der Waals surface area (Å²) in [5, 5.41) is 55.6. The average molecular weight is 962 g/mol. The van der Waals surface area contributed by atoms with Crippen molar-refractivity contribution in [1.29, 1.82) is 0 Å². The number of carbonyl (C=O) groups excluding carboxylic acids is 1. The van der Waals surface area contributed by atoms with Gasteiger partial charge >= 0.3 is 10.4 Å². The fourth-order valence-electron chi connectivity index (χ4n) is 8.63. The molecular weight excluding hydrogens is 863 g/mol. The second-order valence-electron chi connectivity index (χ2n) is 19.0. The van der Waals surface area contributed by atoms with Crippen LogP contribution >= 0.6 is 0 Å². The number of ether oxygens (including phenoxy) is 2. The second-order valence-corrected chi connectivity index (χ2v) is 20.0. The molecule has 13 nitrogen and oxygen atoms in total. The molecule has 1 saturated heterocycles. The molecule has 1 amide bonds. The number of aliphatic hydroxyl groups is 5. The molecule has 1 aliphatic heterocycles. The maximum atomic E-state index is 13.2. The normalized spacial score (nSPS) is 20.6. The summed E-state index contributed by atoms with van der Waals surface area (Å²) in [7, 11) is -5.11. The number of amides is 1. The van der Waals surface area contributed by atoms with Gasteiger partial charge in [0.05, 0.1) is 25.4 Å². The molecule has 1 fully saturated rings. The Kier molecular flexibility index (Phi) is 40.2. The fraction of sp³-hybridized carbons (Fsp3) is 0.904. The van der Waals surface area contributed by atoms with E-state index >= 15 is 0 Å². The summed E-state index contributed by atoms with van der Waals surface area (Å²) >= 11 is 0. The van der Waals surface area contributed by atoms with Crippen LogP contribution in [0.4, 0.5) is 0 Å². The molecule has 0 aliphatic carbocycles. The monoisotopic (exact) mass is 962 g/mol. The number of hydrogen-bond acceptors (Lipinski definition) is 11. The first-order chi connectivity index (χ1) is 31.9. The van der Waals surface area contributed by atoms with E-state index in [0.29, 0.717) is 19.3 Å². The number of allylic oxidation sites excluding steroid dienone is 4. The van der Waals surface area contributed by atoms with Gasteiger partial charge in [-0.05, 0) is 38.5 Å². The lowest BCUT2D eigenvalue weighted by molar-refractivity contribution is -0.298. The lowest BCUT2D eigenvalue weighted by Crippen LogP contribution is -2.61.